The molecule has 0 saturated carbocycles. The molecule has 0 aliphatic rings. The molecule has 0 aliphatic heterocycles. The number of aryl methyl sites for hydroxylation is 2. The minimum atomic E-state index is -3.77. The molecule has 4 N–H and O–H groups in total. The van der Waals surface area contributed by atoms with E-state index in [1.54, 1.807) is 26.8 Å². The number of nitrogen functional groups attached to an aromatic ring is 1. The molecular weight excluding hydrogens is 408 g/mol. The largest absolute Gasteiger partial charge is 0.390 e. The number of nitrogens with one attached hydrogen (secondary N) is 1. The fraction of sp³-hybridized carbons (Fsp3) is 0.368. The third-order valence-corrected chi connectivity index (χ3v) is 5.81. The molecule has 3 aromatic rings. The molecule has 30 heavy (non-hydrogen) atoms. The molecule has 0 amide bonds. The van der Waals surface area contributed by atoms with Crippen LogP contribution in [0.2, 0.25) is 0 Å². The van der Waals surface area contributed by atoms with Crippen molar-refractivity contribution in [1.29, 1.82) is 0 Å². The maximum Gasteiger partial charge on any atom is 0.280 e. The van der Waals surface area contributed by atoms with Gasteiger partial charge in [0.2, 0.25) is 10.0 Å². The average molecular weight is 433 g/mol. The van der Waals surface area contributed by atoms with Crippen LogP contribution in [0.5, 0.6) is 0 Å². The van der Waals surface area contributed by atoms with Crippen LogP contribution in [0.3, 0.4) is 0 Å². The highest BCUT2D eigenvalue weighted by atomic mass is 32.2. The number of hydrogen-bond donors (Lipinski definition) is 3. The fourth-order valence-electron chi connectivity index (χ4n) is 2.70. The van der Waals surface area contributed by atoms with Crippen molar-refractivity contribution < 1.29 is 18.0 Å². The van der Waals surface area contributed by atoms with Gasteiger partial charge < -0.3 is 15.4 Å². The van der Waals surface area contributed by atoms with Gasteiger partial charge in [-0.1, -0.05) is 11.2 Å². The molecule has 160 valence electrons. The van der Waals surface area contributed by atoms with Gasteiger partial charge in [0.1, 0.15) is 0 Å². The molecule has 0 unspecified atom stereocenters. The Morgan fingerprint density at radius 1 is 1.23 bits per heavy atom. The Balaban J connectivity index is 1.96. The second-order valence-electron chi connectivity index (χ2n) is 7.57. The zero-order valence-electron chi connectivity index (χ0n) is 17.2. The topological polar surface area (TPSA) is 157 Å². The second-order valence-corrected chi connectivity index (χ2v) is 9.34. The van der Waals surface area contributed by atoms with Gasteiger partial charge >= 0.3 is 0 Å². The number of benzene rings is 1. The first-order valence-electron chi connectivity index (χ1n) is 9.22. The van der Waals surface area contributed by atoms with Crippen LogP contribution in [0.15, 0.2) is 33.8 Å². The van der Waals surface area contributed by atoms with Crippen LogP contribution in [-0.4, -0.2) is 45.8 Å². The molecule has 0 atom stereocenters. The van der Waals surface area contributed by atoms with Gasteiger partial charge in [0.15, 0.2) is 17.3 Å². The summed E-state index contributed by atoms with van der Waals surface area (Å²) in [5, 5.41) is 13.5. The smallest absolute Gasteiger partial charge is 0.280 e. The monoisotopic (exact) mass is 432 g/mol. The van der Waals surface area contributed by atoms with Gasteiger partial charge in [0.25, 0.3) is 5.89 Å². The number of hydrogen-bond acceptors (Lipinski definition) is 9. The minimum Gasteiger partial charge on any atom is -0.390 e. The normalized spacial score (nSPS) is 12.3. The molecular formula is C19H24N6O4S. The van der Waals surface area contributed by atoms with Gasteiger partial charge in [-0.25, -0.2) is 23.1 Å². The number of nitrogens with two attached hydrogens (primary N) is 1. The minimum absolute atomic E-state index is 0.0765. The number of aliphatic hydroxyl groups is 1. The molecule has 11 heteroatoms. The van der Waals surface area contributed by atoms with E-state index in [2.05, 4.69) is 24.8 Å². The summed E-state index contributed by atoms with van der Waals surface area (Å²) in [7, 11) is -3.77. The Morgan fingerprint density at radius 3 is 2.60 bits per heavy atom. The Hall–Kier alpha value is -2.89. The quantitative estimate of drug-likeness (QED) is 0.506. The van der Waals surface area contributed by atoms with Crippen molar-refractivity contribution in [2.75, 3.05) is 12.3 Å². The lowest BCUT2D eigenvalue weighted by molar-refractivity contribution is 0.0728. The summed E-state index contributed by atoms with van der Waals surface area (Å²) >= 11 is 0. The summed E-state index contributed by atoms with van der Waals surface area (Å²) in [6.07, 6.45) is 1.74. The third kappa shape index (κ3) is 4.99. The van der Waals surface area contributed by atoms with Gasteiger partial charge in [-0.3, -0.25) is 0 Å². The molecule has 0 spiro atoms. The van der Waals surface area contributed by atoms with Crippen molar-refractivity contribution >= 4 is 15.8 Å². The lowest BCUT2D eigenvalue weighted by Gasteiger charge is -2.17. The highest BCUT2D eigenvalue weighted by Crippen LogP contribution is 2.28. The van der Waals surface area contributed by atoms with E-state index < -0.39 is 15.6 Å². The second kappa shape index (κ2) is 8.09. The summed E-state index contributed by atoms with van der Waals surface area (Å²) in [5.74, 6) is 0.684. The predicted molar refractivity (Wildman–Crippen MR) is 111 cm³/mol. The van der Waals surface area contributed by atoms with Crippen LogP contribution in [0.25, 0.3) is 22.8 Å². The number of nitrogens with zero attached hydrogens (tertiary/aromatic N) is 4. The van der Waals surface area contributed by atoms with E-state index in [1.807, 2.05) is 6.92 Å². The molecule has 0 radical (unpaired) electrons. The molecule has 2 heterocycles. The zero-order valence-corrected chi connectivity index (χ0v) is 18.0. The molecule has 10 nitrogen and oxygen atoms in total. The SMILES string of the molecule is Cc1noc(-c2nc(-c3cc(S(=O)(=O)NCCC(C)(C)O)ccc3C)cnc2N)n1. The van der Waals surface area contributed by atoms with Crippen molar-refractivity contribution in [3.63, 3.8) is 0 Å². The summed E-state index contributed by atoms with van der Waals surface area (Å²) in [4.78, 5) is 12.8. The molecule has 0 saturated heterocycles. The number of aromatic nitrogens is 4. The van der Waals surface area contributed by atoms with Crippen molar-refractivity contribution in [2.45, 2.75) is 44.6 Å². The molecule has 0 bridgehead atoms. The van der Waals surface area contributed by atoms with Crippen LogP contribution in [0.4, 0.5) is 5.82 Å². The van der Waals surface area contributed by atoms with Crippen LogP contribution in [0, 0.1) is 13.8 Å². The fourth-order valence-corrected chi connectivity index (χ4v) is 3.76. The first-order valence-corrected chi connectivity index (χ1v) is 10.7. The van der Waals surface area contributed by atoms with E-state index in [0.29, 0.717) is 17.1 Å². The first kappa shape index (κ1) is 21.8. The summed E-state index contributed by atoms with van der Waals surface area (Å²) in [6, 6.07) is 4.72. The van der Waals surface area contributed by atoms with E-state index in [4.69, 9.17) is 10.3 Å². The summed E-state index contributed by atoms with van der Waals surface area (Å²) in [6.45, 7) is 6.85. The van der Waals surface area contributed by atoms with E-state index in [0.717, 1.165) is 5.56 Å². The lowest BCUT2D eigenvalue weighted by Crippen LogP contribution is -2.30. The Morgan fingerprint density at radius 2 is 1.97 bits per heavy atom. The van der Waals surface area contributed by atoms with Crippen molar-refractivity contribution in [3.05, 3.63) is 35.8 Å². The van der Waals surface area contributed by atoms with Gasteiger partial charge in [-0.05, 0) is 51.8 Å². The summed E-state index contributed by atoms with van der Waals surface area (Å²) in [5.41, 5.74) is 6.96. The van der Waals surface area contributed by atoms with Crippen LogP contribution >= 0.6 is 0 Å². The molecule has 3 rings (SSSR count). The Labute approximate surface area is 174 Å². The Bertz CT molecular complexity index is 1170. The third-order valence-electron chi connectivity index (χ3n) is 4.36. The van der Waals surface area contributed by atoms with Crippen LogP contribution < -0.4 is 10.5 Å². The summed E-state index contributed by atoms with van der Waals surface area (Å²) < 4.78 is 33.0. The van der Waals surface area contributed by atoms with Gasteiger partial charge in [-0.2, -0.15) is 4.98 Å². The van der Waals surface area contributed by atoms with E-state index in [-0.39, 0.29) is 35.3 Å². The standard InChI is InChI=1S/C19H24N6O4S/c1-11-5-6-13(30(27,28)22-8-7-19(3,4)26)9-14(11)15-10-21-17(20)16(24-15)18-23-12(2)25-29-18/h5-6,9-10,22,26H,7-8H2,1-4H3,(H2,20,21). The molecule has 0 aliphatic carbocycles. The van der Waals surface area contributed by atoms with Crippen LogP contribution in [-0.2, 0) is 10.0 Å². The predicted octanol–water partition coefficient (Wildman–Crippen LogP) is 1.83. The van der Waals surface area contributed by atoms with E-state index >= 15 is 0 Å². The zero-order chi connectivity index (χ0) is 22.1. The number of rotatable bonds is 7. The van der Waals surface area contributed by atoms with Crippen molar-refractivity contribution in [1.82, 2.24) is 24.8 Å². The Kier molecular flexibility index (Phi) is 5.88. The van der Waals surface area contributed by atoms with Gasteiger partial charge in [0.05, 0.1) is 22.4 Å². The van der Waals surface area contributed by atoms with Crippen molar-refractivity contribution in [2.24, 2.45) is 0 Å². The lowest BCUT2D eigenvalue weighted by atomic mass is 10.1. The highest BCUT2D eigenvalue weighted by molar-refractivity contribution is 7.89. The maximum absolute atomic E-state index is 12.7. The molecule has 0 fully saturated rings. The maximum atomic E-state index is 12.7. The average Bonchev–Trinajstić information content (AvgIpc) is 3.07. The molecule has 2 aromatic heterocycles. The van der Waals surface area contributed by atoms with E-state index in [1.165, 1.54) is 18.3 Å². The van der Waals surface area contributed by atoms with Gasteiger partial charge in [-0.15, -0.1) is 0 Å². The van der Waals surface area contributed by atoms with Gasteiger partial charge in [0, 0.05) is 12.1 Å². The number of sulfonamides is 1. The van der Waals surface area contributed by atoms with Crippen LogP contribution in [0.1, 0.15) is 31.7 Å². The van der Waals surface area contributed by atoms with Crippen molar-refractivity contribution in [3.8, 4) is 22.8 Å². The molecule has 1 aromatic carbocycles. The number of anilines is 1. The first-order chi connectivity index (χ1) is 14.0. The highest BCUT2D eigenvalue weighted by Gasteiger charge is 2.20. The van der Waals surface area contributed by atoms with E-state index in [9.17, 15) is 13.5 Å².